The third kappa shape index (κ3) is 2.22. The third-order valence-electron chi connectivity index (χ3n) is 3.73. The van der Waals surface area contributed by atoms with Crippen LogP contribution in [-0.2, 0) is 4.79 Å². The fraction of sp³-hybridized carbons (Fsp3) is 0.385. The van der Waals surface area contributed by atoms with E-state index in [9.17, 15) is 9.59 Å². The Labute approximate surface area is 114 Å². The molecule has 1 aromatic carbocycles. The molecule has 3 rings (SSSR count). The molecule has 1 heterocycles. The lowest BCUT2D eigenvalue weighted by Gasteiger charge is -2.17. The van der Waals surface area contributed by atoms with Crippen LogP contribution in [0.25, 0.3) is 11.0 Å². The molecule has 7 nitrogen and oxygen atoms in total. The molecule has 20 heavy (non-hydrogen) atoms. The molecular weight excluding hydrogens is 260 g/mol. The van der Waals surface area contributed by atoms with Gasteiger partial charge >= 0.3 is 5.97 Å². The summed E-state index contributed by atoms with van der Waals surface area (Å²) in [5, 5.41) is 22.2. The number of aromatic amines is 1. The summed E-state index contributed by atoms with van der Waals surface area (Å²) >= 11 is 0. The van der Waals surface area contributed by atoms with E-state index in [0.717, 1.165) is 6.42 Å². The van der Waals surface area contributed by atoms with Gasteiger partial charge in [0.05, 0.1) is 5.92 Å². The Kier molecular flexibility index (Phi) is 3.09. The SMILES string of the molecule is O=C(NC1CCCC1C(=O)O)c1ccc2n[nH]nc2c1. The van der Waals surface area contributed by atoms with E-state index in [2.05, 4.69) is 20.7 Å². The molecule has 7 heteroatoms. The van der Waals surface area contributed by atoms with E-state index in [-0.39, 0.29) is 11.9 Å². The highest BCUT2D eigenvalue weighted by Gasteiger charge is 2.34. The number of carboxylic acid groups (broad SMARTS) is 1. The molecule has 0 aliphatic heterocycles. The second kappa shape index (κ2) is 4.92. The molecule has 1 aliphatic rings. The molecule has 3 N–H and O–H groups in total. The van der Waals surface area contributed by atoms with Crippen molar-refractivity contribution in [3.63, 3.8) is 0 Å². The average molecular weight is 274 g/mol. The molecule has 2 aromatic rings. The summed E-state index contributed by atoms with van der Waals surface area (Å²) in [6.45, 7) is 0. The van der Waals surface area contributed by atoms with Crippen LogP contribution in [0, 0.1) is 5.92 Å². The molecular formula is C13H14N4O3. The summed E-state index contributed by atoms with van der Waals surface area (Å²) in [7, 11) is 0. The number of benzene rings is 1. The molecule has 0 bridgehead atoms. The fourth-order valence-corrected chi connectivity index (χ4v) is 2.66. The van der Waals surface area contributed by atoms with Gasteiger partial charge in [-0.2, -0.15) is 15.4 Å². The molecule has 1 saturated carbocycles. The summed E-state index contributed by atoms with van der Waals surface area (Å²) in [5.41, 5.74) is 1.76. The number of aliphatic carboxylic acids is 1. The van der Waals surface area contributed by atoms with Crippen LogP contribution >= 0.6 is 0 Å². The minimum absolute atomic E-state index is 0.270. The quantitative estimate of drug-likeness (QED) is 0.772. The number of fused-ring (bicyclic) bond motifs is 1. The zero-order chi connectivity index (χ0) is 14.1. The number of nitrogens with one attached hydrogen (secondary N) is 2. The maximum Gasteiger partial charge on any atom is 0.308 e. The molecule has 1 amide bonds. The van der Waals surface area contributed by atoms with Gasteiger partial charge in [-0.25, -0.2) is 0 Å². The highest BCUT2D eigenvalue weighted by molar-refractivity contribution is 5.97. The first-order valence-corrected chi connectivity index (χ1v) is 6.49. The summed E-state index contributed by atoms with van der Waals surface area (Å²) in [5.74, 6) is -1.61. The standard InChI is InChI=1S/C13H14N4O3/c18-12(14-9-3-1-2-8(9)13(19)20)7-4-5-10-11(6-7)16-17-15-10/h4-6,8-9H,1-3H2,(H,14,18)(H,19,20)(H,15,16,17). The molecule has 0 saturated heterocycles. The lowest BCUT2D eigenvalue weighted by molar-refractivity contribution is -0.142. The Morgan fingerprint density at radius 2 is 2.05 bits per heavy atom. The predicted molar refractivity (Wildman–Crippen MR) is 70.1 cm³/mol. The number of carboxylic acids is 1. The van der Waals surface area contributed by atoms with E-state index in [1.807, 2.05) is 0 Å². The highest BCUT2D eigenvalue weighted by atomic mass is 16.4. The fourth-order valence-electron chi connectivity index (χ4n) is 2.66. The van der Waals surface area contributed by atoms with Gasteiger partial charge in [0.15, 0.2) is 0 Å². The molecule has 1 aromatic heterocycles. The van der Waals surface area contributed by atoms with Crippen molar-refractivity contribution in [2.75, 3.05) is 0 Å². The Hall–Kier alpha value is -2.44. The number of rotatable bonds is 3. The van der Waals surface area contributed by atoms with Crippen LogP contribution in [0.3, 0.4) is 0 Å². The van der Waals surface area contributed by atoms with Gasteiger partial charge < -0.3 is 10.4 Å². The van der Waals surface area contributed by atoms with Gasteiger partial charge in [0.25, 0.3) is 5.91 Å². The van der Waals surface area contributed by atoms with Crippen molar-refractivity contribution in [2.24, 2.45) is 5.92 Å². The van der Waals surface area contributed by atoms with Gasteiger partial charge in [0, 0.05) is 11.6 Å². The molecule has 0 radical (unpaired) electrons. The summed E-state index contributed by atoms with van der Waals surface area (Å²) in [4.78, 5) is 23.3. The van der Waals surface area contributed by atoms with Crippen LogP contribution < -0.4 is 5.32 Å². The summed E-state index contributed by atoms with van der Waals surface area (Å²) in [6, 6.07) is 4.70. The van der Waals surface area contributed by atoms with Crippen molar-refractivity contribution >= 4 is 22.9 Å². The van der Waals surface area contributed by atoms with E-state index in [1.54, 1.807) is 18.2 Å². The number of nitrogens with zero attached hydrogens (tertiary/aromatic N) is 2. The topological polar surface area (TPSA) is 108 Å². The summed E-state index contributed by atoms with van der Waals surface area (Å²) in [6.07, 6.45) is 2.14. The largest absolute Gasteiger partial charge is 0.481 e. The second-order valence-electron chi connectivity index (χ2n) is 4.98. The Bertz CT molecular complexity index is 666. The second-order valence-corrected chi connectivity index (χ2v) is 4.98. The van der Waals surface area contributed by atoms with Crippen molar-refractivity contribution in [1.29, 1.82) is 0 Å². The van der Waals surface area contributed by atoms with Crippen LogP contribution in [0.1, 0.15) is 29.6 Å². The first kappa shape index (κ1) is 12.6. The number of aromatic nitrogens is 3. The average Bonchev–Trinajstić information content (AvgIpc) is 3.05. The molecule has 104 valence electrons. The van der Waals surface area contributed by atoms with Crippen molar-refractivity contribution < 1.29 is 14.7 Å². The zero-order valence-corrected chi connectivity index (χ0v) is 10.7. The number of H-pyrrole nitrogens is 1. The van der Waals surface area contributed by atoms with Gasteiger partial charge in [-0.3, -0.25) is 9.59 Å². The predicted octanol–water partition coefficient (Wildman–Crippen LogP) is 0.941. The van der Waals surface area contributed by atoms with Crippen molar-refractivity contribution in [1.82, 2.24) is 20.7 Å². The first-order chi connectivity index (χ1) is 9.65. The van der Waals surface area contributed by atoms with Crippen LogP contribution in [-0.4, -0.2) is 38.4 Å². The van der Waals surface area contributed by atoms with Gasteiger partial charge in [0.2, 0.25) is 0 Å². The zero-order valence-electron chi connectivity index (χ0n) is 10.7. The maximum atomic E-state index is 12.2. The third-order valence-corrected chi connectivity index (χ3v) is 3.73. The van der Waals surface area contributed by atoms with Crippen molar-refractivity contribution in [3.8, 4) is 0 Å². The number of carbonyl (C=O) groups is 2. The Morgan fingerprint density at radius 3 is 2.85 bits per heavy atom. The first-order valence-electron chi connectivity index (χ1n) is 6.49. The maximum absolute atomic E-state index is 12.2. The van der Waals surface area contributed by atoms with Gasteiger partial charge in [-0.1, -0.05) is 6.42 Å². The van der Waals surface area contributed by atoms with E-state index in [4.69, 9.17) is 5.11 Å². The minimum Gasteiger partial charge on any atom is -0.481 e. The van der Waals surface area contributed by atoms with E-state index >= 15 is 0 Å². The summed E-state index contributed by atoms with van der Waals surface area (Å²) < 4.78 is 0. The van der Waals surface area contributed by atoms with Crippen molar-refractivity contribution in [2.45, 2.75) is 25.3 Å². The Balaban J connectivity index is 1.77. The van der Waals surface area contributed by atoms with E-state index < -0.39 is 11.9 Å². The van der Waals surface area contributed by atoms with E-state index in [1.165, 1.54) is 0 Å². The monoisotopic (exact) mass is 274 g/mol. The molecule has 2 atom stereocenters. The van der Waals surface area contributed by atoms with Crippen LogP contribution in [0.15, 0.2) is 18.2 Å². The number of carbonyl (C=O) groups excluding carboxylic acids is 1. The lowest BCUT2D eigenvalue weighted by Crippen LogP contribution is -2.40. The van der Waals surface area contributed by atoms with Gasteiger partial charge in [-0.15, -0.1) is 0 Å². The van der Waals surface area contributed by atoms with Crippen molar-refractivity contribution in [3.05, 3.63) is 23.8 Å². The van der Waals surface area contributed by atoms with E-state index in [0.29, 0.717) is 29.4 Å². The van der Waals surface area contributed by atoms with Crippen LogP contribution in [0.2, 0.25) is 0 Å². The van der Waals surface area contributed by atoms with Crippen LogP contribution in [0.4, 0.5) is 0 Å². The minimum atomic E-state index is -0.847. The lowest BCUT2D eigenvalue weighted by atomic mass is 10.0. The molecule has 1 aliphatic carbocycles. The smallest absolute Gasteiger partial charge is 0.308 e. The van der Waals surface area contributed by atoms with Crippen LogP contribution in [0.5, 0.6) is 0 Å². The van der Waals surface area contributed by atoms with Gasteiger partial charge in [0.1, 0.15) is 11.0 Å². The highest BCUT2D eigenvalue weighted by Crippen LogP contribution is 2.26. The normalized spacial score (nSPS) is 22.0. The Morgan fingerprint density at radius 1 is 1.25 bits per heavy atom. The molecule has 1 fully saturated rings. The molecule has 2 unspecified atom stereocenters. The number of hydrogen-bond acceptors (Lipinski definition) is 4. The van der Waals surface area contributed by atoms with Gasteiger partial charge in [-0.05, 0) is 31.0 Å². The molecule has 0 spiro atoms. The number of hydrogen-bond donors (Lipinski definition) is 3. The number of amides is 1.